The number of imidazole rings is 1. The van der Waals surface area contributed by atoms with Crippen LogP contribution >= 0.6 is 15.9 Å². The molecule has 1 aliphatic rings. The SMILES string of the molecule is COCCN1C(=O)C(=O)/C(=C(/O)c2c(C)nc3ccccn23)C1c1cc(Br)c(O)c(OC)c1. The zero-order valence-electron chi connectivity index (χ0n) is 18.2. The van der Waals surface area contributed by atoms with Crippen molar-refractivity contribution in [1.82, 2.24) is 14.3 Å². The molecule has 0 saturated carbocycles. The molecule has 0 bridgehead atoms. The number of carbonyl (C=O) groups is 2. The number of ether oxygens (including phenoxy) is 2. The molecular weight excluding hydrogens is 494 g/mol. The Hall–Kier alpha value is -3.37. The van der Waals surface area contributed by atoms with Crippen molar-refractivity contribution in [3.05, 3.63) is 63.5 Å². The highest BCUT2D eigenvalue weighted by Gasteiger charge is 2.46. The van der Waals surface area contributed by atoms with Gasteiger partial charge in [-0.15, -0.1) is 0 Å². The van der Waals surface area contributed by atoms with Gasteiger partial charge in [0.15, 0.2) is 17.3 Å². The predicted octanol–water partition coefficient (Wildman–Crippen LogP) is 3.19. The molecule has 2 aromatic heterocycles. The van der Waals surface area contributed by atoms with Gasteiger partial charge >= 0.3 is 0 Å². The van der Waals surface area contributed by atoms with Crippen molar-refractivity contribution in [2.24, 2.45) is 0 Å². The molecular formula is C23H22BrN3O6. The summed E-state index contributed by atoms with van der Waals surface area (Å²) in [5, 5.41) is 21.6. The van der Waals surface area contributed by atoms with E-state index in [0.29, 0.717) is 27.1 Å². The second kappa shape index (κ2) is 8.87. The molecule has 1 amide bonds. The molecule has 0 aliphatic carbocycles. The Bertz CT molecular complexity index is 1300. The molecule has 1 unspecified atom stereocenters. The van der Waals surface area contributed by atoms with Gasteiger partial charge in [-0.1, -0.05) is 6.07 Å². The first-order chi connectivity index (χ1) is 15.8. The van der Waals surface area contributed by atoms with Crippen LogP contribution in [0.2, 0.25) is 0 Å². The number of aliphatic hydroxyl groups excluding tert-OH is 1. The normalized spacial score (nSPS) is 17.8. The van der Waals surface area contributed by atoms with Crippen LogP contribution in [0.25, 0.3) is 11.4 Å². The van der Waals surface area contributed by atoms with Crippen molar-refractivity contribution in [3.8, 4) is 11.5 Å². The fourth-order valence-corrected chi connectivity index (χ4v) is 4.54. The van der Waals surface area contributed by atoms with E-state index in [2.05, 4.69) is 20.9 Å². The Balaban J connectivity index is 1.99. The van der Waals surface area contributed by atoms with E-state index in [1.54, 1.807) is 35.7 Å². The summed E-state index contributed by atoms with van der Waals surface area (Å²) in [7, 11) is 2.89. The van der Waals surface area contributed by atoms with Gasteiger partial charge in [-0.05, 0) is 52.7 Å². The number of phenols is 1. The lowest BCUT2D eigenvalue weighted by molar-refractivity contribution is -0.140. The van der Waals surface area contributed by atoms with Crippen LogP contribution < -0.4 is 4.74 Å². The van der Waals surface area contributed by atoms with E-state index >= 15 is 0 Å². The molecule has 1 aromatic carbocycles. The topological polar surface area (TPSA) is 114 Å². The molecule has 33 heavy (non-hydrogen) atoms. The summed E-state index contributed by atoms with van der Waals surface area (Å²) < 4.78 is 12.4. The fourth-order valence-electron chi connectivity index (χ4n) is 4.08. The molecule has 1 aliphatic heterocycles. The summed E-state index contributed by atoms with van der Waals surface area (Å²) >= 11 is 3.29. The predicted molar refractivity (Wildman–Crippen MR) is 123 cm³/mol. The number of aliphatic hydroxyl groups is 1. The number of aromatic hydroxyl groups is 1. The number of benzene rings is 1. The first-order valence-corrected chi connectivity index (χ1v) is 10.9. The van der Waals surface area contributed by atoms with E-state index in [9.17, 15) is 19.8 Å². The van der Waals surface area contributed by atoms with E-state index in [1.165, 1.54) is 25.2 Å². The summed E-state index contributed by atoms with van der Waals surface area (Å²) in [5.74, 6) is -1.87. The minimum Gasteiger partial charge on any atom is -0.505 e. The number of phenolic OH excluding ortho intramolecular Hbond substituents is 1. The van der Waals surface area contributed by atoms with Crippen molar-refractivity contribution in [1.29, 1.82) is 0 Å². The van der Waals surface area contributed by atoms with Crippen molar-refractivity contribution in [2.75, 3.05) is 27.4 Å². The number of pyridine rings is 1. The van der Waals surface area contributed by atoms with Crippen molar-refractivity contribution in [3.63, 3.8) is 0 Å². The van der Waals surface area contributed by atoms with Crippen molar-refractivity contribution >= 4 is 39.0 Å². The maximum atomic E-state index is 13.2. The molecule has 1 atom stereocenters. The van der Waals surface area contributed by atoms with Crippen LogP contribution in [-0.4, -0.2) is 63.6 Å². The largest absolute Gasteiger partial charge is 0.505 e. The van der Waals surface area contributed by atoms with Gasteiger partial charge in [0.2, 0.25) is 0 Å². The third-order valence-electron chi connectivity index (χ3n) is 5.59. The third kappa shape index (κ3) is 3.75. The number of Topliss-reactive ketones (excluding diaryl/α,β-unsaturated/α-hetero) is 1. The highest BCUT2D eigenvalue weighted by Crippen LogP contribution is 2.44. The van der Waals surface area contributed by atoms with Crippen LogP contribution in [0.5, 0.6) is 11.5 Å². The van der Waals surface area contributed by atoms with Crippen LogP contribution in [0.4, 0.5) is 0 Å². The Morgan fingerprint density at radius 1 is 1.24 bits per heavy atom. The minimum absolute atomic E-state index is 0.0792. The molecule has 1 saturated heterocycles. The maximum absolute atomic E-state index is 13.2. The smallest absolute Gasteiger partial charge is 0.295 e. The zero-order chi connectivity index (χ0) is 23.9. The summed E-state index contributed by atoms with van der Waals surface area (Å²) in [6, 6.07) is 7.56. The Morgan fingerprint density at radius 2 is 2.00 bits per heavy atom. The molecule has 172 valence electrons. The van der Waals surface area contributed by atoms with Gasteiger partial charge < -0.3 is 24.6 Å². The molecule has 1 fully saturated rings. The quantitative estimate of drug-likeness (QED) is 0.294. The number of likely N-dealkylation sites (tertiary alicyclic amines) is 1. The molecule has 4 rings (SSSR count). The third-order valence-corrected chi connectivity index (χ3v) is 6.20. The van der Waals surface area contributed by atoms with E-state index in [1.807, 2.05) is 6.07 Å². The molecule has 3 aromatic rings. The number of aryl methyl sites for hydroxylation is 1. The molecule has 0 spiro atoms. The van der Waals surface area contributed by atoms with E-state index in [0.717, 1.165) is 0 Å². The number of ketones is 1. The monoisotopic (exact) mass is 515 g/mol. The van der Waals surface area contributed by atoms with Gasteiger partial charge in [0.1, 0.15) is 11.3 Å². The number of aromatic nitrogens is 2. The Kier molecular flexibility index (Phi) is 6.13. The van der Waals surface area contributed by atoms with Crippen LogP contribution in [0.1, 0.15) is 23.0 Å². The van der Waals surface area contributed by atoms with Gasteiger partial charge in [0.25, 0.3) is 11.7 Å². The van der Waals surface area contributed by atoms with Crippen LogP contribution in [0.3, 0.4) is 0 Å². The van der Waals surface area contributed by atoms with Crippen molar-refractivity contribution in [2.45, 2.75) is 13.0 Å². The van der Waals surface area contributed by atoms with Crippen molar-refractivity contribution < 1.29 is 29.3 Å². The van der Waals surface area contributed by atoms with Crippen LogP contribution in [-0.2, 0) is 14.3 Å². The van der Waals surface area contributed by atoms with Gasteiger partial charge in [-0.3, -0.25) is 14.0 Å². The Morgan fingerprint density at radius 3 is 2.70 bits per heavy atom. The fraction of sp³-hybridized carbons (Fsp3) is 0.261. The van der Waals surface area contributed by atoms with Gasteiger partial charge in [0, 0.05) is 19.9 Å². The molecule has 2 N–H and O–H groups in total. The molecule has 10 heteroatoms. The number of hydrogen-bond donors (Lipinski definition) is 2. The number of nitrogens with zero attached hydrogens (tertiary/aromatic N) is 3. The lowest BCUT2D eigenvalue weighted by Crippen LogP contribution is -2.32. The zero-order valence-corrected chi connectivity index (χ0v) is 19.8. The second-order valence-corrected chi connectivity index (χ2v) is 8.37. The van der Waals surface area contributed by atoms with Gasteiger partial charge in [0.05, 0.1) is 35.5 Å². The summed E-state index contributed by atoms with van der Waals surface area (Å²) in [4.78, 5) is 32.0. The molecule has 9 nitrogen and oxygen atoms in total. The van der Waals surface area contributed by atoms with Gasteiger partial charge in [-0.25, -0.2) is 4.98 Å². The van der Waals surface area contributed by atoms with E-state index in [4.69, 9.17) is 9.47 Å². The van der Waals surface area contributed by atoms with Crippen LogP contribution in [0.15, 0.2) is 46.6 Å². The Labute approximate surface area is 198 Å². The highest BCUT2D eigenvalue weighted by molar-refractivity contribution is 9.10. The molecule has 0 radical (unpaired) electrons. The van der Waals surface area contributed by atoms with Crippen LogP contribution in [0, 0.1) is 6.92 Å². The lowest BCUT2D eigenvalue weighted by Gasteiger charge is -2.25. The summed E-state index contributed by atoms with van der Waals surface area (Å²) in [5.41, 5.74) is 1.82. The lowest BCUT2D eigenvalue weighted by atomic mass is 9.96. The first kappa shape index (κ1) is 22.8. The maximum Gasteiger partial charge on any atom is 0.295 e. The average Bonchev–Trinajstić information content (AvgIpc) is 3.26. The average molecular weight is 516 g/mol. The number of amides is 1. The summed E-state index contributed by atoms with van der Waals surface area (Å²) in [6.45, 7) is 2.03. The van der Waals surface area contributed by atoms with E-state index < -0.39 is 17.7 Å². The number of halogens is 1. The van der Waals surface area contributed by atoms with Gasteiger partial charge in [-0.2, -0.15) is 0 Å². The summed E-state index contributed by atoms with van der Waals surface area (Å²) in [6.07, 6.45) is 1.72. The first-order valence-electron chi connectivity index (χ1n) is 10.1. The minimum atomic E-state index is -0.931. The number of carbonyl (C=O) groups excluding carboxylic acids is 2. The number of rotatable bonds is 6. The molecule has 3 heterocycles. The van der Waals surface area contributed by atoms with E-state index in [-0.39, 0.29) is 36.0 Å². The number of hydrogen-bond acceptors (Lipinski definition) is 7. The highest BCUT2D eigenvalue weighted by atomic mass is 79.9. The second-order valence-electron chi connectivity index (χ2n) is 7.51. The number of methoxy groups -OCH3 is 2. The number of fused-ring (bicyclic) bond motifs is 1. The standard InChI is InChI=1S/C23H22BrN3O6/c1-12-18(26-7-5-4-6-16(26)25-12)21(29)17-19(27(8-9-32-2)23(31)22(17)30)13-10-14(24)20(28)15(11-13)33-3/h4-7,10-11,19,28-29H,8-9H2,1-3H3/b21-17+.